The van der Waals surface area contributed by atoms with Crippen molar-refractivity contribution in [1.29, 1.82) is 0 Å². The molecule has 2 aromatic heterocycles. The zero-order chi connectivity index (χ0) is 23.9. The van der Waals surface area contributed by atoms with Gasteiger partial charge in [-0.3, -0.25) is 4.79 Å². The van der Waals surface area contributed by atoms with Crippen LogP contribution in [0.2, 0.25) is 0 Å². The first-order valence-electron chi connectivity index (χ1n) is 9.10. The van der Waals surface area contributed by atoms with Crippen LogP contribution in [0.3, 0.4) is 0 Å². The number of sulfonamides is 1. The fourth-order valence-corrected chi connectivity index (χ4v) is 6.05. The molecule has 4 aromatic rings. The number of aromatic amines is 1. The van der Waals surface area contributed by atoms with Crippen LogP contribution in [0, 0.1) is 0 Å². The summed E-state index contributed by atoms with van der Waals surface area (Å²) >= 11 is 1.07. The molecule has 7 N–H and O–H groups in total. The maximum atomic E-state index is 12.7. The standard InChI is InChI=1S/C17H16N8O5S3/c18-6-11(32(27)28)9-5-4-7(12(14(9)33(20,29)30)16-22-24-25-23-16)8-2-1-3-10-13(8)21-17(31-10)15(19)26/h1-5,11,32H,6,18H2,(H2,19,26)(H2,20,29,30)(H,22,23,24,25). The molecule has 0 bridgehead atoms. The number of tetrazole rings is 1. The predicted octanol–water partition coefficient (Wildman–Crippen LogP) is -0.499. The third kappa shape index (κ3) is 4.09. The molecule has 0 aliphatic heterocycles. The number of primary amides is 1. The minimum absolute atomic E-state index is 0.0633. The number of para-hydroxylation sites is 1. The van der Waals surface area contributed by atoms with E-state index in [9.17, 15) is 21.6 Å². The Balaban J connectivity index is 2.16. The molecule has 13 nitrogen and oxygen atoms in total. The van der Waals surface area contributed by atoms with Gasteiger partial charge in [0.2, 0.25) is 15.8 Å². The molecular formula is C17H16N8O5S3. The molecule has 0 saturated carbocycles. The van der Waals surface area contributed by atoms with Gasteiger partial charge in [0.25, 0.3) is 5.91 Å². The van der Waals surface area contributed by atoms with Crippen molar-refractivity contribution in [2.45, 2.75) is 10.1 Å². The number of carbonyl (C=O) groups is 1. The highest BCUT2D eigenvalue weighted by atomic mass is 32.2. The topological polar surface area (TPSA) is 231 Å². The first-order valence-corrected chi connectivity index (χ1v) is 12.7. The zero-order valence-electron chi connectivity index (χ0n) is 16.5. The van der Waals surface area contributed by atoms with Crippen molar-refractivity contribution < 1.29 is 21.6 Å². The number of primary sulfonamides is 1. The van der Waals surface area contributed by atoms with Gasteiger partial charge in [0.1, 0.15) is 10.7 Å². The number of aromatic nitrogens is 5. The van der Waals surface area contributed by atoms with Crippen LogP contribution in [0.5, 0.6) is 0 Å². The summed E-state index contributed by atoms with van der Waals surface area (Å²) < 4.78 is 49.7. The van der Waals surface area contributed by atoms with E-state index in [0.29, 0.717) is 15.8 Å². The van der Waals surface area contributed by atoms with Crippen LogP contribution in [0.1, 0.15) is 20.6 Å². The third-order valence-electron chi connectivity index (χ3n) is 4.80. The van der Waals surface area contributed by atoms with E-state index in [1.807, 2.05) is 0 Å². The molecule has 2 aromatic carbocycles. The van der Waals surface area contributed by atoms with E-state index in [0.717, 1.165) is 11.3 Å². The highest BCUT2D eigenvalue weighted by Crippen LogP contribution is 2.42. The smallest absolute Gasteiger partial charge is 0.277 e. The van der Waals surface area contributed by atoms with Crippen LogP contribution in [-0.4, -0.2) is 54.9 Å². The van der Waals surface area contributed by atoms with Crippen LogP contribution in [0.15, 0.2) is 35.2 Å². The van der Waals surface area contributed by atoms with Crippen LogP contribution in [0.25, 0.3) is 32.7 Å². The van der Waals surface area contributed by atoms with Crippen LogP contribution >= 0.6 is 11.3 Å². The normalized spacial score (nSPS) is 12.9. The first kappa shape index (κ1) is 22.9. The Morgan fingerprint density at radius 1 is 1.18 bits per heavy atom. The largest absolute Gasteiger partial charge is 0.364 e. The molecule has 0 spiro atoms. The number of nitrogens with two attached hydrogens (primary N) is 3. The van der Waals surface area contributed by atoms with Gasteiger partial charge < -0.3 is 11.5 Å². The number of H-pyrrole nitrogens is 1. The van der Waals surface area contributed by atoms with Crippen molar-refractivity contribution >= 4 is 48.2 Å². The second-order valence-electron chi connectivity index (χ2n) is 6.76. The molecule has 2 heterocycles. The van der Waals surface area contributed by atoms with E-state index in [2.05, 4.69) is 25.6 Å². The molecule has 1 unspecified atom stereocenters. The highest BCUT2D eigenvalue weighted by molar-refractivity contribution is 7.89. The number of thiazole rings is 1. The maximum absolute atomic E-state index is 12.7. The summed E-state index contributed by atoms with van der Waals surface area (Å²) in [7, 11) is -7.65. The van der Waals surface area contributed by atoms with Crippen molar-refractivity contribution in [2.75, 3.05) is 6.54 Å². The zero-order valence-corrected chi connectivity index (χ0v) is 19.0. The minimum Gasteiger partial charge on any atom is -0.364 e. The number of fused-ring (bicyclic) bond motifs is 1. The van der Waals surface area contributed by atoms with Gasteiger partial charge in [0, 0.05) is 12.1 Å². The maximum Gasteiger partial charge on any atom is 0.277 e. The molecule has 0 saturated heterocycles. The van der Waals surface area contributed by atoms with Crippen molar-refractivity contribution in [3.05, 3.63) is 40.9 Å². The Labute approximate surface area is 192 Å². The van der Waals surface area contributed by atoms with Crippen LogP contribution in [-0.2, 0) is 20.7 Å². The Morgan fingerprint density at radius 3 is 2.52 bits per heavy atom. The predicted molar refractivity (Wildman–Crippen MR) is 120 cm³/mol. The fourth-order valence-electron chi connectivity index (χ4n) is 3.48. The first-order chi connectivity index (χ1) is 15.6. The molecule has 172 valence electrons. The number of hydrogen-bond acceptors (Lipinski definition) is 11. The number of rotatable bonds is 7. The number of thiol groups is 1. The van der Waals surface area contributed by atoms with E-state index in [1.54, 1.807) is 18.2 Å². The molecule has 0 aliphatic rings. The van der Waals surface area contributed by atoms with Gasteiger partial charge >= 0.3 is 0 Å². The van der Waals surface area contributed by atoms with Crippen molar-refractivity contribution in [1.82, 2.24) is 25.6 Å². The van der Waals surface area contributed by atoms with Gasteiger partial charge in [0.05, 0.1) is 25.9 Å². The molecule has 33 heavy (non-hydrogen) atoms. The van der Waals surface area contributed by atoms with Gasteiger partial charge in [-0.15, -0.1) is 21.5 Å². The SMILES string of the molecule is NCC(c1ccc(-c2cccc3sc(C(N)=O)nc23)c(-c2nn[nH]n2)c1S(N)(=O)=O)[SH](=O)=O. The number of carbonyl (C=O) groups excluding carboxylic acids is 1. The number of nitrogens with zero attached hydrogens (tertiary/aromatic N) is 4. The molecule has 0 radical (unpaired) electrons. The van der Waals surface area contributed by atoms with E-state index >= 15 is 0 Å². The Kier molecular flexibility index (Phi) is 5.93. The van der Waals surface area contributed by atoms with Gasteiger partial charge in [-0.2, -0.15) is 5.21 Å². The lowest BCUT2D eigenvalue weighted by Gasteiger charge is -2.18. The summed E-state index contributed by atoms with van der Waals surface area (Å²) in [6.45, 7) is -0.379. The molecule has 1 atom stereocenters. The lowest BCUT2D eigenvalue weighted by atomic mass is 9.95. The summed E-state index contributed by atoms with van der Waals surface area (Å²) in [4.78, 5) is 15.4. The fraction of sp³-hybridized carbons (Fsp3) is 0.118. The molecule has 4 rings (SSSR count). The molecular weight excluding hydrogens is 492 g/mol. The lowest BCUT2D eigenvalue weighted by Crippen LogP contribution is -2.22. The Bertz CT molecular complexity index is 1550. The van der Waals surface area contributed by atoms with Gasteiger partial charge in [-0.05, 0) is 22.4 Å². The highest BCUT2D eigenvalue weighted by Gasteiger charge is 2.31. The van der Waals surface area contributed by atoms with Crippen molar-refractivity contribution in [2.24, 2.45) is 16.6 Å². The number of amides is 1. The van der Waals surface area contributed by atoms with Crippen molar-refractivity contribution in [3.63, 3.8) is 0 Å². The van der Waals surface area contributed by atoms with Crippen LogP contribution < -0.4 is 16.6 Å². The molecule has 16 heteroatoms. The van der Waals surface area contributed by atoms with Gasteiger partial charge in [0.15, 0.2) is 5.01 Å². The molecule has 0 aliphatic carbocycles. The van der Waals surface area contributed by atoms with Crippen LogP contribution in [0.4, 0.5) is 0 Å². The number of hydrogen-bond donors (Lipinski definition) is 5. The van der Waals surface area contributed by atoms with E-state index in [4.69, 9.17) is 16.6 Å². The number of nitrogens with one attached hydrogen (secondary N) is 1. The van der Waals surface area contributed by atoms with Gasteiger partial charge in [-0.25, -0.2) is 27.0 Å². The number of benzene rings is 2. The van der Waals surface area contributed by atoms with E-state index < -0.39 is 36.8 Å². The second kappa shape index (κ2) is 8.56. The Morgan fingerprint density at radius 2 is 1.94 bits per heavy atom. The summed E-state index contributed by atoms with van der Waals surface area (Å²) in [5, 5.41) is 17.8. The summed E-state index contributed by atoms with van der Waals surface area (Å²) in [5.74, 6) is -0.860. The van der Waals surface area contributed by atoms with E-state index in [1.165, 1.54) is 12.1 Å². The van der Waals surface area contributed by atoms with Gasteiger partial charge in [-0.1, -0.05) is 24.3 Å². The molecule has 0 fully saturated rings. The summed E-state index contributed by atoms with van der Waals surface area (Å²) in [6, 6.07) is 7.87. The minimum atomic E-state index is -4.51. The lowest BCUT2D eigenvalue weighted by molar-refractivity contribution is 0.1000. The molecule has 1 amide bonds. The second-order valence-corrected chi connectivity index (χ2v) is 10.5. The Hall–Kier alpha value is -3.31. The average molecular weight is 509 g/mol. The van der Waals surface area contributed by atoms with Crippen molar-refractivity contribution in [3.8, 4) is 22.5 Å². The summed E-state index contributed by atoms with van der Waals surface area (Å²) in [6.07, 6.45) is 0. The quantitative estimate of drug-likeness (QED) is 0.201. The average Bonchev–Trinajstić information content (AvgIpc) is 3.42. The monoisotopic (exact) mass is 508 g/mol. The summed E-state index contributed by atoms with van der Waals surface area (Å²) in [5.41, 5.74) is 11.8. The van der Waals surface area contributed by atoms with E-state index in [-0.39, 0.29) is 34.1 Å². The third-order valence-corrected chi connectivity index (χ3v) is 7.84.